The van der Waals surface area contributed by atoms with Crippen LogP contribution >= 0.6 is 15.9 Å². The Labute approximate surface area is 134 Å². The van der Waals surface area contributed by atoms with Crippen LogP contribution < -0.4 is 10.9 Å². The van der Waals surface area contributed by atoms with Gasteiger partial charge in [-0.25, -0.2) is 4.68 Å². The second-order valence-electron chi connectivity index (χ2n) is 5.68. The van der Waals surface area contributed by atoms with Crippen LogP contribution in [0.25, 0.3) is 0 Å². The molecule has 21 heavy (non-hydrogen) atoms. The molecule has 1 fully saturated rings. The number of aryl methyl sites for hydroxylation is 1. The van der Waals surface area contributed by atoms with Crippen molar-refractivity contribution in [3.05, 3.63) is 21.0 Å². The Morgan fingerprint density at radius 2 is 2.29 bits per heavy atom. The van der Waals surface area contributed by atoms with E-state index in [1.165, 1.54) is 17.6 Å². The minimum absolute atomic E-state index is 0.0462. The van der Waals surface area contributed by atoms with Crippen LogP contribution in [0, 0.1) is 5.92 Å². The summed E-state index contributed by atoms with van der Waals surface area (Å²) in [5.74, 6) is 0.652. The Morgan fingerprint density at radius 3 is 2.95 bits per heavy atom. The largest absolute Gasteiger partial charge is 0.382 e. The summed E-state index contributed by atoms with van der Waals surface area (Å²) in [4.78, 5) is 14.7. The number of hydrogen-bond donors (Lipinski definition) is 1. The Hall–Kier alpha value is -0.880. The third-order valence-electron chi connectivity index (χ3n) is 4.11. The fraction of sp³-hybridized carbons (Fsp3) is 0.733. The molecule has 1 N–H and O–H groups in total. The van der Waals surface area contributed by atoms with Crippen molar-refractivity contribution in [2.75, 3.05) is 31.5 Å². The molecule has 1 unspecified atom stereocenters. The number of rotatable bonds is 7. The lowest BCUT2D eigenvalue weighted by Gasteiger charge is -2.15. The molecule has 2 rings (SSSR count). The van der Waals surface area contributed by atoms with Crippen LogP contribution in [-0.4, -0.2) is 40.9 Å². The lowest BCUT2D eigenvalue weighted by atomic mass is 10.1. The predicted octanol–water partition coefficient (Wildman–Crippen LogP) is 2.56. The van der Waals surface area contributed by atoms with Gasteiger partial charge in [-0.2, -0.15) is 5.10 Å². The number of likely N-dealkylation sites (tertiary alicyclic amines) is 1. The van der Waals surface area contributed by atoms with Crippen molar-refractivity contribution in [3.8, 4) is 0 Å². The van der Waals surface area contributed by atoms with Gasteiger partial charge in [0, 0.05) is 19.6 Å². The summed E-state index contributed by atoms with van der Waals surface area (Å²) in [5, 5.41) is 7.63. The first-order valence-electron chi connectivity index (χ1n) is 7.87. The third kappa shape index (κ3) is 4.30. The SMILES string of the molecule is CCCCn1ncc(NCC2CCN(CC)C2)c(Br)c1=O. The maximum atomic E-state index is 12.2. The Kier molecular flexibility index (Phi) is 6.23. The zero-order valence-electron chi connectivity index (χ0n) is 12.9. The fourth-order valence-electron chi connectivity index (χ4n) is 2.68. The fourth-order valence-corrected chi connectivity index (χ4v) is 3.12. The predicted molar refractivity (Wildman–Crippen MR) is 89.8 cm³/mol. The van der Waals surface area contributed by atoms with Gasteiger partial charge in [-0.15, -0.1) is 0 Å². The molecule has 1 aliphatic heterocycles. The van der Waals surface area contributed by atoms with Gasteiger partial charge < -0.3 is 10.2 Å². The molecule has 1 aromatic rings. The zero-order valence-corrected chi connectivity index (χ0v) is 14.5. The van der Waals surface area contributed by atoms with Crippen molar-refractivity contribution in [1.82, 2.24) is 14.7 Å². The van der Waals surface area contributed by atoms with Crippen LogP contribution in [0.2, 0.25) is 0 Å². The monoisotopic (exact) mass is 356 g/mol. The Morgan fingerprint density at radius 1 is 1.48 bits per heavy atom. The number of halogens is 1. The second kappa shape index (κ2) is 7.94. The van der Waals surface area contributed by atoms with Crippen LogP contribution in [0.4, 0.5) is 5.69 Å². The molecule has 5 nitrogen and oxygen atoms in total. The first-order chi connectivity index (χ1) is 10.2. The average Bonchev–Trinajstić information content (AvgIpc) is 2.96. The number of nitrogens with zero attached hydrogens (tertiary/aromatic N) is 3. The molecule has 118 valence electrons. The zero-order chi connectivity index (χ0) is 15.2. The van der Waals surface area contributed by atoms with Crippen LogP contribution in [0.1, 0.15) is 33.1 Å². The van der Waals surface area contributed by atoms with Gasteiger partial charge in [0.25, 0.3) is 5.56 Å². The smallest absolute Gasteiger partial charge is 0.283 e. The summed E-state index contributed by atoms with van der Waals surface area (Å²) in [6.45, 7) is 9.33. The molecule has 6 heteroatoms. The highest BCUT2D eigenvalue weighted by atomic mass is 79.9. The van der Waals surface area contributed by atoms with Gasteiger partial charge in [-0.05, 0) is 47.8 Å². The first kappa shape index (κ1) is 16.5. The number of nitrogens with one attached hydrogen (secondary N) is 1. The molecule has 1 saturated heterocycles. The van der Waals surface area contributed by atoms with Gasteiger partial charge in [0.2, 0.25) is 0 Å². The molecule has 0 radical (unpaired) electrons. The first-order valence-corrected chi connectivity index (χ1v) is 8.66. The van der Waals surface area contributed by atoms with Gasteiger partial charge in [-0.3, -0.25) is 4.79 Å². The van der Waals surface area contributed by atoms with Crippen molar-refractivity contribution >= 4 is 21.6 Å². The van der Waals surface area contributed by atoms with E-state index in [9.17, 15) is 4.79 Å². The van der Waals surface area contributed by atoms with Gasteiger partial charge in [0.1, 0.15) is 4.47 Å². The lowest BCUT2D eigenvalue weighted by Crippen LogP contribution is -2.26. The molecule has 0 aliphatic carbocycles. The standard InChI is InChI=1S/C15H25BrN4O/c1-3-5-7-20-15(21)14(16)13(10-18-20)17-9-12-6-8-19(4-2)11-12/h10,12,17H,3-9,11H2,1-2H3. The van der Waals surface area contributed by atoms with Crippen LogP contribution in [0.15, 0.2) is 15.5 Å². The van der Waals surface area contributed by atoms with Gasteiger partial charge in [0.05, 0.1) is 11.9 Å². The van der Waals surface area contributed by atoms with Crippen molar-refractivity contribution < 1.29 is 0 Å². The highest BCUT2D eigenvalue weighted by molar-refractivity contribution is 9.10. The molecule has 0 spiro atoms. The summed E-state index contributed by atoms with van der Waals surface area (Å²) < 4.78 is 2.13. The van der Waals surface area contributed by atoms with E-state index in [-0.39, 0.29) is 5.56 Å². The highest BCUT2D eigenvalue weighted by Gasteiger charge is 2.21. The van der Waals surface area contributed by atoms with Gasteiger partial charge in [-0.1, -0.05) is 20.3 Å². The molecular weight excluding hydrogens is 332 g/mol. The number of aromatic nitrogens is 2. The molecule has 0 bridgehead atoms. The summed E-state index contributed by atoms with van der Waals surface area (Å²) in [5.41, 5.74) is 0.762. The van der Waals surface area contributed by atoms with Crippen molar-refractivity contribution in [2.45, 2.75) is 39.7 Å². The van der Waals surface area contributed by atoms with E-state index >= 15 is 0 Å². The molecule has 2 heterocycles. The molecule has 1 aromatic heterocycles. The Bertz CT molecular complexity index is 517. The van der Waals surface area contributed by atoms with Gasteiger partial charge >= 0.3 is 0 Å². The quantitative estimate of drug-likeness (QED) is 0.815. The van der Waals surface area contributed by atoms with E-state index in [1.807, 2.05) is 0 Å². The van der Waals surface area contributed by atoms with Crippen LogP contribution in [0.5, 0.6) is 0 Å². The van der Waals surface area contributed by atoms with Crippen molar-refractivity contribution in [3.63, 3.8) is 0 Å². The van der Waals surface area contributed by atoms with E-state index in [2.05, 4.69) is 45.1 Å². The van der Waals surface area contributed by atoms with E-state index in [0.29, 0.717) is 16.9 Å². The van der Waals surface area contributed by atoms with Gasteiger partial charge in [0.15, 0.2) is 0 Å². The van der Waals surface area contributed by atoms with Crippen LogP contribution in [-0.2, 0) is 6.54 Å². The van der Waals surface area contributed by atoms with E-state index in [4.69, 9.17) is 0 Å². The second-order valence-corrected chi connectivity index (χ2v) is 6.48. The molecule has 1 atom stereocenters. The van der Waals surface area contributed by atoms with Crippen molar-refractivity contribution in [2.24, 2.45) is 5.92 Å². The summed E-state index contributed by atoms with van der Waals surface area (Å²) in [6, 6.07) is 0. The topological polar surface area (TPSA) is 50.2 Å². The van der Waals surface area contributed by atoms with E-state index < -0.39 is 0 Å². The Balaban J connectivity index is 1.95. The maximum absolute atomic E-state index is 12.2. The van der Waals surface area contributed by atoms with Crippen LogP contribution in [0.3, 0.4) is 0 Å². The summed E-state index contributed by atoms with van der Waals surface area (Å²) in [7, 11) is 0. The average molecular weight is 357 g/mol. The minimum Gasteiger partial charge on any atom is -0.382 e. The normalized spacial score (nSPS) is 19.1. The molecule has 0 amide bonds. The van der Waals surface area contributed by atoms with E-state index in [1.54, 1.807) is 6.20 Å². The molecule has 1 aliphatic rings. The third-order valence-corrected chi connectivity index (χ3v) is 4.87. The van der Waals surface area contributed by atoms with Crippen molar-refractivity contribution in [1.29, 1.82) is 0 Å². The maximum Gasteiger partial charge on any atom is 0.283 e. The molecular formula is C15H25BrN4O. The summed E-state index contributed by atoms with van der Waals surface area (Å²) in [6.07, 6.45) is 5.01. The number of unbranched alkanes of at least 4 members (excludes halogenated alkanes) is 1. The molecule has 0 aromatic carbocycles. The highest BCUT2D eigenvalue weighted by Crippen LogP contribution is 2.20. The lowest BCUT2D eigenvalue weighted by molar-refractivity contribution is 0.345. The number of anilines is 1. The molecule has 0 saturated carbocycles. The minimum atomic E-state index is -0.0462. The summed E-state index contributed by atoms with van der Waals surface area (Å²) >= 11 is 3.41. The van der Waals surface area contributed by atoms with E-state index in [0.717, 1.165) is 38.2 Å². The number of hydrogen-bond acceptors (Lipinski definition) is 4.